The van der Waals surface area contributed by atoms with Gasteiger partial charge in [-0.1, -0.05) is 6.07 Å². The molecule has 1 aromatic carbocycles. The Labute approximate surface area is 136 Å². The Balaban J connectivity index is 2.28. The highest BCUT2D eigenvalue weighted by Gasteiger charge is 2.30. The molecule has 0 aromatic heterocycles. The van der Waals surface area contributed by atoms with E-state index in [2.05, 4.69) is 42.1 Å². The summed E-state index contributed by atoms with van der Waals surface area (Å²) in [5, 5.41) is 3.30. The van der Waals surface area contributed by atoms with Crippen LogP contribution in [-0.2, 0) is 9.53 Å². The maximum Gasteiger partial charge on any atom is 0.328 e. The molecule has 0 saturated carbocycles. The Morgan fingerprint density at radius 1 is 1.35 bits per heavy atom. The van der Waals surface area contributed by atoms with E-state index in [1.165, 1.54) is 0 Å². The van der Waals surface area contributed by atoms with Crippen molar-refractivity contribution in [3.8, 4) is 0 Å². The molecule has 20 heavy (non-hydrogen) atoms. The lowest BCUT2D eigenvalue weighted by Gasteiger charge is -2.33. The lowest BCUT2D eigenvalue weighted by molar-refractivity contribution is -0.150. The minimum Gasteiger partial charge on any atom is -0.465 e. The number of nitrogens with one attached hydrogen (secondary N) is 1. The molecule has 1 unspecified atom stereocenters. The van der Waals surface area contributed by atoms with Crippen LogP contribution in [0, 0.1) is 0 Å². The molecule has 0 aliphatic carbocycles. The van der Waals surface area contributed by atoms with Gasteiger partial charge in [0.2, 0.25) is 0 Å². The Morgan fingerprint density at radius 2 is 2.05 bits per heavy atom. The lowest BCUT2D eigenvalue weighted by Crippen LogP contribution is -2.47. The number of hydrogen-bond donors (Lipinski definition) is 1. The summed E-state index contributed by atoms with van der Waals surface area (Å²) in [6, 6.07) is 5.57. The Hall–Kier alpha value is -0.430. The van der Waals surface area contributed by atoms with Gasteiger partial charge in [-0.2, -0.15) is 0 Å². The van der Waals surface area contributed by atoms with E-state index in [4.69, 9.17) is 4.74 Å². The predicted octanol–water partition coefficient (Wildman–Crippen LogP) is 2.72. The van der Waals surface area contributed by atoms with Gasteiger partial charge in [-0.05, 0) is 56.5 Å². The second kappa shape index (κ2) is 7.54. The maximum atomic E-state index is 12.3. The zero-order valence-electron chi connectivity index (χ0n) is 11.4. The van der Waals surface area contributed by atoms with E-state index in [-0.39, 0.29) is 12.0 Å². The fourth-order valence-electron chi connectivity index (χ4n) is 2.34. The summed E-state index contributed by atoms with van der Waals surface area (Å²) in [4.78, 5) is 14.5. The van der Waals surface area contributed by atoms with Crippen molar-refractivity contribution in [2.45, 2.75) is 13.0 Å². The largest absolute Gasteiger partial charge is 0.465 e. The first-order valence-electron chi connectivity index (χ1n) is 6.70. The van der Waals surface area contributed by atoms with Crippen molar-refractivity contribution < 1.29 is 9.53 Å². The molecule has 6 heteroatoms. The summed E-state index contributed by atoms with van der Waals surface area (Å²) >= 11 is 6.95. The predicted molar refractivity (Wildman–Crippen MR) is 85.7 cm³/mol. The summed E-state index contributed by atoms with van der Waals surface area (Å²) in [5.74, 6) is -0.177. The molecule has 1 heterocycles. The minimum atomic E-state index is -0.332. The van der Waals surface area contributed by atoms with Crippen LogP contribution in [-0.4, -0.2) is 43.7 Å². The SMILES string of the molecule is CCOC(=O)C(c1ccc(Br)c(Br)c1)N1CCNCC1. The number of carbonyl (C=O) groups excluding carboxylic acids is 1. The van der Waals surface area contributed by atoms with Gasteiger partial charge >= 0.3 is 5.97 Å². The Morgan fingerprint density at radius 3 is 2.65 bits per heavy atom. The molecule has 1 saturated heterocycles. The number of halogens is 2. The van der Waals surface area contributed by atoms with Gasteiger partial charge in [-0.3, -0.25) is 4.90 Å². The van der Waals surface area contributed by atoms with Crippen LogP contribution in [0.3, 0.4) is 0 Å². The van der Waals surface area contributed by atoms with Crippen LogP contribution in [0.2, 0.25) is 0 Å². The smallest absolute Gasteiger partial charge is 0.328 e. The van der Waals surface area contributed by atoms with Crippen molar-refractivity contribution >= 4 is 37.8 Å². The molecular formula is C14H18Br2N2O2. The molecule has 0 bridgehead atoms. The lowest BCUT2D eigenvalue weighted by atomic mass is 10.0. The van der Waals surface area contributed by atoms with Crippen LogP contribution in [0.4, 0.5) is 0 Å². The first kappa shape index (κ1) is 15.9. The molecule has 4 nitrogen and oxygen atoms in total. The first-order chi connectivity index (χ1) is 9.63. The molecular weight excluding hydrogens is 388 g/mol. The van der Waals surface area contributed by atoms with Gasteiger partial charge in [0.05, 0.1) is 6.61 Å². The molecule has 1 N–H and O–H groups in total. The highest BCUT2D eigenvalue weighted by Crippen LogP contribution is 2.30. The van der Waals surface area contributed by atoms with Crippen LogP contribution in [0.5, 0.6) is 0 Å². The van der Waals surface area contributed by atoms with Crippen LogP contribution >= 0.6 is 31.9 Å². The zero-order chi connectivity index (χ0) is 14.5. The van der Waals surface area contributed by atoms with Crippen LogP contribution in [0.25, 0.3) is 0 Å². The van der Waals surface area contributed by atoms with Crippen molar-refractivity contribution in [2.24, 2.45) is 0 Å². The minimum absolute atomic E-state index is 0.177. The van der Waals surface area contributed by atoms with E-state index in [1.807, 2.05) is 25.1 Å². The molecule has 0 spiro atoms. The fraction of sp³-hybridized carbons (Fsp3) is 0.500. The third-order valence-electron chi connectivity index (χ3n) is 3.29. The standard InChI is InChI=1S/C14H18Br2N2O2/c1-2-20-14(19)13(18-7-5-17-6-8-18)10-3-4-11(15)12(16)9-10/h3-4,9,13,17H,2,5-8H2,1H3. The van der Waals surface area contributed by atoms with Crippen molar-refractivity contribution in [1.29, 1.82) is 0 Å². The summed E-state index contributed by atoms with van der Waals surface area (Å²) < 4.78 is 7.17. The van der Waals surface area contributed by atoms with E-state index in [0.29, 0.717) is 6.61 Å². The van der Waals surface area contributed by atoms with Crippen LogP contribution in [0.1, 0.15) is 18.5 Å². The highest BCUT2D eigenvalue weighted by atomic mass is 79.9. The van der Waals surface area contributed by atoms with E-state index in [0.717, 1.165) is 40.7 Å². The third kappa shape index (κ3) is 3.81. The molecule has 0 amide bonds. The van der Waals surface area contributed by atoms with Gasteiger partial charge in [0.1, 0.15) is 6.04 Å². The average molecular weight is 406 g/mol. The zero-order valence-corrected chi connectivity index (χ0v) is 14.5. The van der Waals surface area contributed by atoms with Gasteiger partial charge in [0.25, 0.3) is 0 Å². The number of benzene rings is 1. The summed E-state index contributed by atoms with van der Waals surface area (Å²) in [7, 11) is 0. The van der Waals surface area contributed by atoms with Gasteiger partial charge in [0, 0.05) is 35.1 Å². The van der Waals surface area contributed by atoms with Crippen molar-refractivity contribution in [1.82, 2.24) is 10.2 Å². The van der Waals surface area contributed by atoms with Gasteiger partial charge < -0.3 is 10.1 Å². The molecule has 1 aliphatic heterocycles. The highest BCUT2D eigenvalue weighted by molar-refractivity contribution is 9.13. The monoisotopic (exact) mass is 404 g/mol. The number of carbonyl (C=O) groups is 1. The van der Waals surface area contributed by atoms with E-state index in [9.17, 15) is 4.79 Å². The second-order valence-electron chi connectivity index (χ2n) is 4.61. The fourth-order valence-corrected chi connectivity index (χ4v) is 2.98. The number of ether oxygens (including phenoxy) is 1. The molecule has 110 valence electrons. The third-order valence-corrected chi connectivity index (χ3v) is 5.17. The van der Waals surface area contributed by atoms with E-state index in [1.54, 1.807) is 0 Å². The topological polar surface area (TPSA) is 41.6 Å². The van der Waals surface area contributed by atoms with Crippen molar-refractivity contribution in [3.05, 3.63) is 32.7 Å². The molecule has 2 rings (SSSR count). The number of piperazine rings is 1. The van der Waals surface area contributed by atoms with Crippen LogP contribution in [0.15, 0.2) is 27.1 Å². The van der Waals surface area contributed by atoms with E-state index >= 15 is 0 Å². The van der Waals surface area contributed by atoms with Gasteiger partial charge in [-0.25, -0.2) is 4.79 Å². The van der Waals surface area contributed by atoms with Gasteiger partial charge in [0.15, 0.2) is 0 Å². The van der Waals surface area contributed by atoms with Gasteiger partial charge in [-0.15, -0.1) is 0 Å². The first-order valence-corrected chi connectivity index (χ1v) is 8.28. The quantitative estimate of drug-likeness (QED) is 0.782. The number of esters is 1. The van der Waals surface area contributed by atoms with Crippen molar-refractivity contribution in [3.63, 3.8) is 0 Å². The maximum absolute atomic E-state index is 12.3. The Bertz CT molecular complexity index is 476. The summed E-state index contributed by atoms with van der Waals surface area (Å²) in [5.41, 5.74) is 0.959. The molecule has 1 fully saturated rings. The summed E-state index contributed by atoms with van der Waals surface area (Å²) in [6.45, 7) is 5.72. The number of hydrogen-bond acceptors (Lipinski definition) is 4. The second-order valence-corrected chi connectivity index (χ2v) is 6.32. The molecule has 1 aromatic rings. The average Bonchev–Trinajstić information content (AvgIpc) is 2.44. The summed E-state index contributed by atoms with van der Waals surface area (Å²) in [6.07, 6.45) is 0. The molecule has 1 atom stereocenters. The number of nitrogens with zero attached hydrogens (tertiary/aromatic N) is 1. The number of rotatable bonds is 4. The van der Waals surface area contributed by atoms with E-state index < -0.39 is 0 Å². The van der Waals surface area contributed by atoms with Crippen LogP contribution < -0.4 is 5.32 Å². The molecule has 1 aliphatic rings. The van der Waals surface area contributed by atoms with Crippen molar-refractivity contribution in [2.75, 3.05) is 32.8 Å². The Kier molecular flexibility index (Phi) is 6.01. The normalized spacial score (nSPS) is 17.8. The molecule has 0 radical (unpaired) electrons.